The SMILES string of the molecule is CC(C)(C)C(NC(=O)[C@H](CC1CCCC1)CN(O)C=O)c1ncc(CN2CCCC2)[nH]1. The molecule has 0 spiro atoms. The molecule has 1 saturated carbocycles. The molecule has 1 aromatic heterocycles. The van der Waals surface area contributed by atoms with Gasteiger partial charge in [-0.25, -0.2) is 10.0 Å². The van der Waals surface area contributed by atoms with E-state index in [1.54, 1.807) is 0 Å². The van der Waals surface area contributed by atoms with Crippen molar-refractivity contribution in [3.05, 3.63) is 17.7 Å². The van der Waals surface area contributed by atoms with Crippen LogP contribution in [0.15, 0.2) is 6.20 Å². The molecule has 1 saturated heterocycles. The fraction of sp³-hybridized carbons (Fsp3) is 0.783. The predicted molar refractivity (Wildman–Crippen MR) is 118 cm³/mol. The normalized spacial score (nSPS) is 20.0. The van der Waals surface area contributed by atoms with Gasteiger partial charge in [0.05, 0.1) is 18.5 Å². The van der Waals surface area contributed by atoms with Crippen molar-refractivity contribution >= 4 is 12.3 Å². The van der Waals surface area contributed by atoms with Crippen molar-refractivity contribution in [2.75, 3.05) is 19.6 Å². The van der Waals surface area contributed by atoms with E-state index in [9.17, 15) is 14.8 Å². The van der Waals surface area contributed by atoms with Gasteiger partial charge in [-0.15, -0.1) is 0 Å². The highest BCUT2D eigenvalue weighted by Crippen LogP contribution is 2.34. The zero-order chi connectivity index (χ0) is 22.4. The standard InChI is InChI=1S/C23H39N5O3/c1-23(2,3)20(21-24-13-19(25-21)15-27-10-6-7-11-27)26-22(30)18(14-28(31)16-29)12-17-8-4-5-9-17/h13,16-18,20,31H,4-12,14-15H2,1-3H3,(H,24,25)(H,26,30)/t18-,20?/m1/s1. The van der Waals surface area contributed by atoms with Gasteiger partial charge in [0.1, 0.15) is 5.82 Å². The average molecular weight is 434 g/mol. The molecule has 1 aliphatic carbocycles. The minimum absolute atomic E-state index is 0.0149. The molecule has 0 aromatic carbocycles. The number of likely N-dealkylation sites (tertiary alicyclic amines) is 1. The summed E-state index contributed by atoms with van der Waals surface area (Å²) in [5.74, 6) is 0.651. The Morgan fingerprint density at radius 3 is 2.61 bits per heavy atom. The fourth-order valence-corrected chi connectivity index (χ4v) is 4.92. The second-order valence-corrected chi connectivity index (χ2v) is 10.4. The van der Waals surface area contributed by atoms with E-state index in [-0.39, 0.29) is 23.9 Å². The van der Waals surface area contributed by atoms with Gasteiger partial charge in [-0.1, -0.05) is 46.5 Å². The highest BCUT2D eigenvalue weighted by molar-refractivity contribution is 5.79. The van der Waals surface area contributed by atoms with Gasteiger partial charge in [-0.2, -0.15) is 0 Å². The zero-order valence-electron chi connectivity index (χ0n) is 19.3. The maximum absolute atomic E-state index is 13.3. The average Bonchev–Trinajstić information content (AvgIpc) is 3.48. The molecule has 3 N–H and O–H groups in total. The largest absolute Gasteiger partial charge is 0.345 e. The molecule has 0 radical (unpaired) electrons. The molecule has 2 amide bonds. The molecule has 2 aliphatic rings. The van der Waals surface area contributed by atoms with E-state index in [1.807, 2.05) is 6.20 Å². The Labute approximate surface area is 185 Å². The molecule has 1 unspecified atom stereocenters. The number of nitrogens with zero attached hydrogens (tertiary/aromatic N) is 3. The number of amides is 2. The molecule has 31 heavy (non-hydrogen) atoms. The molecule has 2 fully saturated rings. The van der Waals surface area contributed by atoms with E-state index >= 15 is 0 Å². The van der Waals surface area contributed by atoms with Crippen molar-refractivity contribution in [2.45, 2.75) is 78.3 Å². The van der Waals surface area contributed by atoms with E-state index in [1.165, 1.54) is 25.7 Å². The van der Waals surface area contributed by atoms with Crippen molar-refractivity contribution in [3.63, 3.8) is 0 Å². The highest BCUT2D eigenvalue weighted by atomic mass is 16.5. The zero-order valence-corrected chi connectivity index (χ0v) is 19.3. The smallest absolute Gasteiger partial charge is 0.233 e. The Balaban J connectivity index is 1.71. The molecule has 1 aromatic rings. The van der Waals surface area contributed by atoms with Crippen molar-refractivity contribution < 1.29 is 14.8 Å². The molecule has 174 valence electrons. The third-order valence-electron chi connectivity index (χ3n) is 6.66. The third-order valence-corrected chi connectivity index (χ3v) is 6.66. The van der Waals surface area contributed by atoms with Crippen LogP contribution in [-0.4, -0.2) is 57.1 Å². The van der Waals surface area contributed by atoms with Crippen LogP contribution < -0.4 is 5.32 Å². The van der Waals surface area contributed by atoms with Gasteiger partial charge in [0.25, 0.3) is 0 Å². The minimum atomic E-state index is -0.442. The number of hydroxylamine groups is 2. The van der Waals surface area contributed by atoms with Crippen LogP contribution in [0.25, 0.3) is 0 Å². The fourth-order valence-electron chi connectivity index (χ4n) is 4.92. The minimum Gasteiger partial charge on any atom is -0.345 e. The van der Waals surface area contributed by atoms with Crippen LogP contribution in [0, 0.1) is 17.3 Å². The molecule has 8 heteroatoms. The second kappa shape index (κ2) is 10.6. The maximum atomic E-state index is 13.3. The van der Waals surface area contributed by atoms with Crippen molar-refractivity contribution in [1.29, 1.82) is 0 Å². The number of carbonyl (C=O) groups excluding carboxylic acids is 2. The lowest BCUT2D eigenvalue weighted by Crippen LogP contribution is -2.43. The molecule has 8 nitrogen and oxygen atoms in total. The maximum Gasteiger partial charge on any atom is 0.233 e. The van der Waals surface area contributed by atoms with Crippen LogP contribution in [-0.2, 0) is 16.1 Å². The van der Waals surface area contributed by atoms with Crippen LogP contribution in [0.1, 0.15) is 83.3 Å². The van der Waals surface area contributed by atoms with Crippen LogP contribution in [0.5, 0.6) is 0 Å². The topological polar surface area (TPSA) is 102 Å². The quantitative estimate of drug-likeness (QED) is 0.299. The molecule has 2 heterocycles. The van der Waals surface area contributed by atoms with Crippen LogP contribution >= 0.6 is 0 Å². The van der Waals surface area contributed by atoms with Gasteiger partial charge in [-0.05, 0) is 43.7 Å². The molecule has 1 aliphatic heterocycles. The molecular formula is C23H39N5O3. The lowest BCUT2D eigenvalue weighted by atomic mass is 9.85. The predicted octanol–water partition coefficient (Wildman–Crippen LogP) is 3.25. The van der Waals surface area contributed by atoms with Gasteiger partial charge >= 0.3 is 0 Å². The lowest BCUT2D eigenvalue weighted by molar-refractivity contribution is -0.155. The number of rotatable bonds is 10. The summed E-state index contributed by atoms with van der Waals surface area (Å²) in [6, 6.07) is -0.290. The van der Waals surface area contributed by atoms with Crippen molar-refractivity contribution in [3.8, 4) is 0 Å². The van der Waals surface area contributed by atoms with Crippen molar-refractivity contribution in [2.24, 2.45) is 17.3 Å². The summed E-state index contributed by atoms with van der Waals surface area (Å²) >= 11 is 0. The summed E-state index contributed by atoms with van der Waals surface area (Å²) in [7, 11) is 0. The Bertz CT molecular complexity index is 717. The molecule has 0 bridgehead atoms. The number of carbonyl (C=O) groups is 2. The Morgan fingerprint density at radius 2 is 2.00 bits per heavy atom. The Morgan fingerprint density at radius 1 is 1.32 bits per heavy atom. The summed E-state index contributed by atoms with van der Waals surface area (Å²) in [4.78, 5) is 34.7. The molecule has 2 atom stereocenters. The van der Waals surface area contributed by atoms with Gasteiger partial charge in [0.15, 0.2) is 0 Å². The molecular weight excluding hydrogens is 394 g/mol. The number of aromatic nitrogens is 2. The first kappa shape index (κ1) is 23.7. The van der Waals surface area contributed by atoms with E-state index in [2.05, 4.69) is 41.0 Å². The Kier molecular flexibility index (Phi) is 8.11. The summed E-state index contributed by atoms with van der Waals surface area (Å²) in [5.41, 5.74) is 0.810. The van der Waals surface area contributed by atoms with Gasteiger partial charge in [-0.3, -0.25) is 19.7 Å². The summed E-state index contributed by atoms with van der Waals surface area (Å²) in [6.45, 7) is 9.33. The van der Waals surface area contributed by atoms with E-state index in [0.29, 0.717) is 23.8 Å². The number of hydrogen-bond donors (Lipinski definition) is 3. The summed E-state index contributed by atoms with van der Waals surface area (Å²) in [6.07, 6.45) is 10.0. The van der Waals surface area contributed by atoms with Crippen molar-refractivity contribution in [1.82, 2.24) is 25.2 Å². The number of nitrogens with one attached hydrogen (secondary N) is 2. The second-order valence-electron chi connectivity index (χ2n) is 10.4. The van der Waals surface area contributed by atoms with Gasteiger partial charge in [0, 0.05) is 18.4 Å². The first-order valence-electron chi connectivity index (χ1n) is 11.7. The first-order chi connectivity index (χ1) is 14.8. The summed E-state index contributed by atoms with van der Waals surface area (Å²) in [5, 5.41) is 13.5. The van der Waals surface area contributed by atoms with E-state index in [0.717, 1.165) is 44.0 Å². The Hall–Kier alpha value is -1.93. The van der Waals surface area contributed by atoms with Crippen LogP contribution in [0.3, 0.4) is 0 Å². The van der Waals surface area contributed by atoms with E-state index in [4.69, 9.17) is 0 Å². The van der Waals surface area contributed by atoms with Gasteiger partial charge in [0.2, 0.25) is 12.3 Å². The van der Waals surface area contributed by atoms with E-state index < -0.39 is 5.92 Å². The number of aromatic amines is 1. The highest BCUT2D eigenvalue weighted by Gasteiger charge is 2.34. The first-order valence-corrected chi connectivity index (χ1v) is 11.7. The number of hydrogen-bond acceptors (Lipinski definition) is 5. The number of imidazole rings is 1. The van der Waals surface area contributed by atoms with Gasteiger partial charge < -0.3 is 10.3 Å². The van der Waals surface area contributed by atoms with Crippen LogP contribution in [0.2, 0.25) is 0 Å². The third kappa shape index (κ3) is 6.77. The lowest BCUT2D eigenvalue weighted by Gasteiger charge is -2.32. The summed E-state index contributed by atoms with van der Waals surface area (Å²) < 4.78 is 0. The van der Waals surface area contributed by atoms with Crippen LogP contribution in [0.4, 0.5) is 0 Å². The monoisotopic (exact) mass is 433 g/mol. The molecule has 3 rings (SSSR count). The number of H-pyrrole nitrogens is 1.